The van der Waals surface area contributed by atoms with Crippen LogP contribution < -0.4 is 0 Å². The molecular formula is C94H184O17P2. The average Bonchev–Trinajstić information content (AvgIpc) is 0.894. The molecule has 0 aromatic carbocycles. The van der Waals surface area contributed by atoms with Crippen LogP contribution in [0.3, 0.4) is 0 Å². The first-order valence-corrected chi connectivity index (χ1v) is 51.3. The van der Waals surface area contributed by atoms with E-state index in [-0.39, 0.29) is 25.7 Å². The molecule has 0 saturated carbocycles. The molecule has 17 nitrogen and oxygen atoms in total. The van der Waals surface area contributed by atoms with E-state index in [0.29, 0.717) is 25.7 Å². The second-order valence-electron chi connectivity index (χ2n) is 35.0. The summed E-state index contributed by atoms with van der Waals surface area (Å²) in [5, 5.41) is 10.7. The third kappa shape index (κ3) is 83.5. The zero-order valence-corrected chi connectivity index (χ0v) is 76.8. The summed E-state index contributed by atoms with van der Waals surface area (Å²) in [5.41, 5.74) is 0. The zero-order chi connectivity index (χ0) is 83.0. The Hall–Kier alpha value is -1.94. The second kappa shape index (κ2) is 82.4. The molecule has 0 aliphatic heterocycles. The number of esters is 4. The predicted octanol–water partition coefficient (Wildman–Crippen LogP) is 29.1. The molecule has 19 heteroatoms. The number of hydrogen-bond acceptors (Lipinski definition) is 15. The monoisotopic (exact) mass is 1650 g/mol. The summed E-state index contributed by atoms with van der Waals surface area (Å²) in [6, 6.07) is 0. The maximum Gasteiger partial charge on any atom is 0.472 e. The molecule has 8 atom stereocenters. The molecule has 0 amide bonds. The Kier molecular flexibility index (Phi) is 81.0. The molecule has 0 aromatic heterocycles. The van der Waals surface area contributed by atoms with E-state index in [1.54, 1.807) is 0 Å². The van der Waals surface area contributed by atoms with Crippen molar-refractivity contribution < 1.29 is 80.2 Å². The first-order valence-electron chi connectivity index (χ1n) is 48.3. The minimum absolute atomic E-state index is 0.107. The summed E-state index contributed by atoms with van der Waals surface area (Å²) in [7, 11) is -9.94. The van der Waals surface area contributed by atoms with E-state index in [9.17, 15) is 43.2 Å². The van der Waals surface area contributed by atoms with Crippen LogP contribution in [0.2, 0.25) is 0 Å². The van der Waals surface area contributed by atoms with Crippen molar-refractivity contribution in [1.82, 2.24) is 0 Å². The number of ether oxygens (including phenoxy) is 4. The predicted molar refractivity (Wildman–Crippen MR) is 469 cm³/mol. The van der Waals surface area contributed by atoms with Gasteiger partial charge in [0.1, 0.15) is 19.3 Å². The highest BCUT2D eigenvalue weighted by Crippen LogP contribution is 2.45. The molecule has 0 rings (SSSR count). The van der Waals surface area contributed by atoms with Crippen molar-refractivity contribution in [3.8, 4) is 0 Å². The quantitative estimate of drug-likeness (QED) is 0.0222. The summed E-state index contributed by atoms with van der Waals surface area (Å²) in [5.74, 6) is 1.22. The van der Waals surface area contributed by atoms with Crippen LogP contribution in [-0.2, 0) is 65.4 Å². The van der Waals surface area contributed by atoms with Gasteiger partial charge in [0.05, 0.1) is 26.4 Å². The Morgan fingerprint density at radius 2 is 0.425 bits per heavy atom. The van der Waals surface area contributed by atoms with Crippen molar-refractivity contribution in [2.45, 2.75) is 517 Å². The van der Waals surface area contributed by atoms with Crippen LogP contribution in [-0.4, -0.2) is 96.7 Å². The van der Waals surface area contributed by atoms with Crippen LogP contribution >= 0.6 is 15.6 Å². The fraction of sp³-hybridized carbons (Fsp3) is 0.957. The van der Waals surface area contributed by atoms with Crippen molar-refractivity contribution >= 4 is 39.5 Å². The van der Waals surface area contributed by atoms with Crippen LogP contribution in [0.4, 0.5) is 0 Å². The van der Waals surface area contributed by atoms with E-state index >= 15 is 0 Å². The number of unbranched alkanes of at least 4 members (excludes halogenated alkanes) is 54. The summed E-state index contributed by atoms with van der Waals surface area (Å²) in [6.45, 7) is 14.5. The summed E-state index contributed by atoms with van der Waals surface area (Å²) >= 11 is 0. The lowest BCUT2D eigenvalue weighted by molar-refractivity contribution is -0.161. The molecule has 0 saturated heterocycles. The molecular weight excluding hydrogens is 1460 g/mol. The van der Waals surface area contributed by atoms with Gasteiger partial charge < -0.3 is 33.8 Å². The lowest BCUT2D eigenvalue weighted by atomic mass is 9.99. The van der Waals surface area contributed by atoms with Crippen LogP contribution in [0.15, 0.2) is 0 Å². The fourth-order valence-corrected chi connectivity index (χ4v) is 16.2. The van der Waals surface area contributed by atoms with E-state index in [1.807, 2.05) is 0 Å². The molecule has 0 spiro atoms. The highest BCUT2D eigenvalue weighted by Gasteiger charge is 2.31. The van der Waals surface area contributed by atoms with Gasteiger partial charge in [0.2, 0.25) is 0 Å². The topological polar surface area (TPSA) is 237 Å². The summed E-state index contributed by atoms with van der Waals surface area (Å²) in [6.07, 6.45) is 74.9. The van der Waals surface area contributed by atoms with Gasteiger partial charge >= 0.3 is 39.5 Å². The van der Waals surface area contributed by atoms with Gasteiger partial charge in [0, 0.05) is 25.7 Å². The van der Waals surface area contributed by atoms with Crippen LogP contribution in [0.1, 0.15) is 498 Å². The van der Waals surface area contributed by atoms with E-state index < -0.39 is 97.5 Å². The third-order valence-corrected chi connectivity index (χ3v) is 25.1. The molecule has 0 bridgehead atoms. The number of phosphoric acid groups is 2. The zero-order valence-electron chi connectivity index (χ0n) is 75.0. The molecule has 3 N–H and O–H groups in total. The van der Waals surface area contributed by atoms with Crippen molar-refractivity contribution in [2.24, 2.45) is 23.7 Å². The normalized spacial score (nSPS) is 14.5. The Bertz CT molecular complexity index is 2190. The fourth-order valence-electron chi connectivity index (χ4n) is 14.6. The van der Waals surface area contributed by atoms with E-state index in [0.717, 1.165) is 114 Å². The molecule has 113 heavy (non-hydrogen) atoms. The highest BCUT2D eigenvalue weighted by atomic mass is 31.2. The van der Waals surface area contributed by atoms with E-state index in [2.05, 4.69) is 55.4 Å². The number of hydrogen-bond donors (Lipinski definition) is 3. The smallest absolute Gasteiger partial charge is 0.462 e. The highest BCUT2D eigenvalue weighted by molar-refractivity contribution is 7.47. The Morgan fingerprint density at radius 3 is 0.628 bits per heavy atom. The first kappa shape index (κ1) is 111. The van der Waals surface area contributed by atoms with Gasteiger partial charge in [-0.1, -0.05) is 447 Å². The molecule has 0 radical (unpaired) electrons. The number of aliphatic hydroxyl groups is 1. The minimum atomic E-state index is -4.97. The van der Waals surface area contributed by atoms with Crippen LogP contribution in [0.5, 0.6) is 0 Å². The van der Waals surface area contributed by atoms with Crippen molar-refractivity contribution in [1.29, 1.82) is 0 Å². The van der Waals surface area contributed by atoms with E-state index in [4.69, 9.17) is 37.0 Å². The molecule has 0 heterocycles. The number of rotatable bonds is 91. The van der Waals surface area contributed by atoms with Gasteiger partial charge in [0.15, 0.2) is 12.2 Å². The van der Waals surface area contributed by atoms with Gasteiger partial charge in [-0.05, 0) is 49.4 Å². The van der Waals surface area contributed by atoms with Gasteiger partial charge in [-0.2, -0.15) is 0 Å². The Balaban J connectivity index is 5.25. The number of aliphatic hydroxyl groups excluding tert-OH is 1. The maximum atomic E-state index is 13.2. The van der Waals surface area contributed by atoms with Crippen LogP contribution in [0.25, 0.3) is 0 Å². The molecule has 0 aliphatic rings. The van der Waals surface area contributed by atoms with Crippen molar-refractivity contribution in [2.75, 3.05) is 39.6 Å². The molecule has 672 valence electrons. The van der Waals surface area contributed by atoms with Gasteiger partial charge in [-0.3, -0.25) is 37.3 Å². The van der Waals surface area contributed by atoms with Crippen LogP contribution in [0, 0.1) is 23.7 Å². The molecule has 0 fully saturated rings. The molecule has 0 aliphatic carbocycles. The number of phosphoric ester groups is 2. The van der Waals surface area contributed by atoms with Gasteiger partial charge in [-0.15, -0.1) is 0 Å². The SMILES string of the molecule is CCC(C)CCCCCCCCCCCCCCCCCCCCC(=O)O[C@H](COC(=O)CCCCCCCCCCCCCCCCCCCCC(C)C)COP(=O)(O)OC[C@@H](O)COP(=O)(O)OC[C@@H](COC(=O)CCCCCCCCCCC(C)CC)OC(=O)CCCCCCCCCCCCCCCCC(C)CC. The molecule has 5 unspecified atom stereocenters. The third-order valence-electron chi connectivity index (χ3n) is 23.2. The Morgan fingerprint density at radius 1 is 0.248 bits per heavy atom. The minimum Gasteiger partial charge on any atom is -0.462 e. The maximum absolute atomic E-state index is 13.2. The molecule has 0 aromatic rings. The number of carbonyl (C=O) groups excluding carboxylic acids is 4. The summed E-state index contributed by atoms with van der Waals surface area (Å²) in [4.78, 5) is 73.5. The lowest BCUT2D eigenvalue weighted by Crippen LogP contribution is -2.30. The lowest BCUT2D eigenvalue weighted by Gasteiger charge is -2.21. The van der Waals surface area contributed by atoms with Crippen molar-refractivity contribution in [3.05, 3.63) is 0 Å². The summed E-state index contributed by atoms with van der Waals surface area (Å²) < 4.78 is 69.2. The average molecular weight is 1650 g/mol. The second-order valence-corrected chi connectivity index (χ2v) is 37.9. The van der Waals surface area contributed by atoms with Gasteiger partial charge in [0.25, 0.3) is 0 Å². The van der Waals surface area contributed by atoms with E-state index in [1.165, 1.54) is 302 Å². The first-order chi connectivity index (χ1) is 54.7. The number of carbonyl (C=O) groups is 4. The Labute approximate surface area is 696 Å². The standard InChI is InChI=1S/C94H184O17P2/c1-9-85(6)71-63-55-47-39-33-27-21-17-13-15-19-23-30-36-42-52-60-68-76-93(98)110-89(80-104-91(96)74-66-58-50-41-35-29-22-18-14-12-16-20-26-32-38-46-54-62-70-84(4)5)82-108-112(100,101)106-78-88(95)79-107-113(102,103)109-83-90(81-105-92(97)75-67-59-51-45-44-49-57-65-73-87(8)11-3)111-94(99)77-69-61-53-43-37-31-25-24-28-34-40-48-56-64-72-86(7)10-2/h84-90,95H,9-83H2,1-8H3,(H,100,101)(H,102,103)/t85?,86?,87?,88-,89-,90-/m1/s1. The van der Waals surface area contributed by atoms with Gasteiger partial charge in [-0.25, -0.2) is 9.13 Å². The van der Waals surface area contributed by atoms with Crippen molar-refractivity contribution in [3.63, 3.8) is 0 Å². The largest absolute Gasteiger partial charge is 0.472 e.